The molecule has 2 aromatic rings. The summed E-state index contributed by atoms with van der Waals surface area (Å²) in [6, 6.07) is 13.6. The maximum Gasteiger partial charge on any atom is 0.258 e. The predicted octanol–water partition coefficient (Wildman–Crippen LogP) is 1.63. The number of carbonyl (C=O) groups excluding carboxylic acids is 1. The van der Waals surface area contributed by atoms with Crippen LogP contribution in [0.3, 0.4) is 0 Å². The molecule has 2 N–H and O–H groups in total. The third kappa shape index (κ3) is 3.15. The van der Waals surface area contributed by atoms with E-state index in [1.54, 1.807) is 30.3 Å². The van der Waals surface area contributed by atoms with Crippen LogP contribution in [0.2, 0.25) is 0 Å². The molecule has 1 aromatic carbocycles. The number of anilines is 1. The van der Waals surface area contributed by atoms with Crippen LogP contribution in [0.1, 0.15) is 17.2 Å². The zero-order valence-corrected chi connectivity index (χ0v) is 9.95. The first kappa shape index (κ1) is 12.7. The Balaban J connectivity index is 2.06. The second-order valence-corrected chi connectivity index (χ2v) is 3.85. The highest BCUT2D eigenvalue weighted by Crippen LogP contribution is 2.14. The number of nitrogens with one attached hydrogen (secondary N) is 1. The van der Waals surface area contributed by atoms with E-state index in [2.05, 4.69) is 10.3 Å². The van der Waals surface area contributed by atoms with Crippen molar-refractivity contribution in [2.75, 3.05) is 5.32 Å². The first-order chi connectivity index (χ1) is 9.20. The van der Waals surface area contributed by atoms with Gasteiger partial charge in [0.1, 0.15) is 11.9 Å². The molecule has 0 aliphatic carbocycles. The number of pyridine rings is 1. The summed E-state index contributed by atoms with van der Waals surface area (Å²) in [6.07, 6.45) is 0.100. The molecule has 0 radical (unpaired) electrons. The van der Waals surface area contributed by atoms with E-state index in [-0.39, 0.29) is 0 Å². The van der Waals surface area contributed by atoms with Gasteiger partial charge in [0.05, 0.1) is 5.56 Å². The van der Waals surface area contributed by atoms with E-state index < -0.39 is 12.0 Å². The molecular formula is C14H11N3O2. The molecule has 0 aliphatic heterocycles. The highest BCUT2D eigenvalue weighted by Gasteiger charge is 2.17. The lowest BCUT2D eigenvalue weighted by Gasteiger charge is -2.10. The smallest absolute Gasteiger partial charge is 0.258 e. The molecule has 0 spiro atoms. The largest absolute Gasteiger partial charge is 0.378 e. The Morgan fingerprint density at radius 3 is 2.58 bits per heavy atom. The molecule has 0 aliphatic rings. The van der Waals surface area contributed by atoms with Crippen molar-refractivity contribution < 1.29 is 9.90 Å². The van der Waals surface area contributed by atoms with E-state index in [0.29, 0.717) is 16.9 Å². The number of carbonyl (C=O) groups is 1. The minimum Gasteiger partial charge on any atom is -0.378 e. The molecule has 1 unspecified atom stereocenters. The van der Waals surface area contributed by atoms with Gasteiger partial charge in [0.2, 0.25) is 0 Å². The van der Waals surface area contributed by atoms with Crippen LogP contribution in [0, 0.1) is 11.3 Å². The Labute approximate surface area is 110 Å². The number of rotatable bonds is 3. The third-order valence-electron chi connectivity index (χ3n) is 2.51. The number of hydrogen-bond donors (Lipinski definition) is 2. The molecule has 2 rings (SSSR count). The zero-order chi connectivity index (χ0) is 13.7. The van der Waals surface area contributed by atoms with E-state index in [1.807, 2.05) is 6.07 Å². The molecule has 0 saturated carbocycles. The number of amides is 1. The molecule has 1 amide bonds. The summed E-state index contributed by atoms with van der Waals surface area (Å²) in [5.41, 5.74) is 0.912. The van der Waals surface area contributed by atoms with Gasteiger partial charge < -0.3 is 10.4 Å². The number of aliphatic hydroxyl groups is 1. The standard InChI is InChI=1S/C14H11N3O2/c15-8-10-6-7-12(16-9-10)17-14(19)13(18)11-4-2-1-3-5-11/h1-7,9,13,18H,(H,16,17,19). The average Bonchev–Trinajstić information content (AvgIpc) is 2.48. The fourth-order valence-electron chi connectivity index (χ4n) is 1.52. The molecule has 94 valence electrons. The lowest BCUT2D eigenvalue weighted by molar-refractivity contribution is -0.124. The Hall–Kier alpha value is -2.71. The van der Waals surface area contributed by atoms with Gasteiger partial charge in [0, 0.05) is 6.20 Å². The SMILES string of the molecule is N#Cc1ccc(NC(=O)C(O)c2ccccc2)nc1. The van der Waals surface area contributed by atoms with E-state index in [1.165, 1.54) is 18.3 Å². The van der Waals surface area contributed by atoms with E-state index in [9.17, 15) is 9.90 Å². The minimum absolute atomic E-state index is 0.291. The molecule has 5 nitrogen and oxygen atoms in total. The summed E-state index contributed by atoms with van der Waals surface area (Å²) in [7, 11) is 0. The molecular weight excluding hydrogens is 242 g/mol. The van der Waals surface area contributed by atoms with Crippen molar-refractivity contribution in [3.05, 3.63) is 59.8 Å². The van der Waals surface area contributed by atoms with Gasteiger partial charge in [-0.2, -0.15) is 5.26 Å². The highest BCUT2D eigenvalue weighted by atomic mass is 16.3. The second-order valence-electron chi connectivity index (χ2n) is 3.85. The maximum atomic E-state index is 11.8. The number of aromatic nitrogens is 1. The van der Waals surface area contributed by atoms with Gasteiger partial charge in [-0.05, 0) is 17.7 Å². The van der Waals surface area contributed by atoms with Crippen molar-refractivity contribution in [2.24, 2.45) is 0 Å². The molecule has 0 bridgehead atoms. The third-order valence-corrected chi connectivity index (χ3v) is 2.51. The summed E-state index contributed by atoms with van der Waals surface area (Å²) in [5, 5.41) is 21.0. The van der Waals surface area contributed by atoms with Crippen LogP contribution in [-0.4, -0.2) is 16.0 Å². The lowest BCUT2D eigenvalue weighted by Crippen LogP contribution is -2.21. The molecule has 1 atom stereocenters. The molecule has 0 fully saturated rings. The number of aliphatic hydroxyl groups excluding tert-OH is 1. The van der Waals surface area contributed by atoms with Crippen molar-refractivity contribution in [1.29, 1.82) is 5.26 Å². The topological polar surface area (TPSA) is 86.0 Å². The minimum atomic E-state index is -1.25. The van der Waals surface area contributed by atoms with Crippen LogP contribution in [-0.2, 0) is 4.79 Å². The van der Waals surface area contributed by atoms with E-state index in [0.717, 1.165) is 0 Å². The molecule has 1 aromatic heterocycles. The number of nitriles is 1. The number of benzene rings is 1. The molecule has 5 heteroatoms. The maximum absolute atomic E-state index is 11.8. The van der Waals surface area contributed by atoms with Crippen molar-refractivity contribution in [3.8, 4) is 6.07 Å². The van der Waals surface area contributed by atoms with Crippen LogP contribution in [0.4, 0.5) is 5.82 Å². The van der Waals surface area contributed by atoms with Gasteiger partial charge in [0.25, 0.3) is 5.91 Å². The van der Waals surface area contributed by atoms with Crippen LogP contribution in [0.15, 0.2) is 48.7 Å². The van der Waals surface area contributed by atoms with Gasteiger partial charge in [-0.15, -0.1) is 0 Å². The Kier molecular flexibility index (Phi) is 3.86. The number of nitrogens with zero attached hydrogens (tertiary/aromatic N) is 2. The normalized spacial score (nSPS) is 11.4. The van der Waals surface area contributed by atoms with Gasteiger partial charge in [0.15, 0.2) is 6.10 Å². The van der Waals surface area contributed by atoms with E-state index in [4.69, 9.17) is 5.26 Å². The van der Waals surface area contributed by atoms with Crippen LogP contribution >= 0.6 is 0 Å². The second kappa shape index (κ2) is 5.76. The summed E-state index contributed by atoms with van der Waals surface area (Å²) in [6.45, 7) is 0. The fraction of sp³-hybridized carbons (Fsp3) is 0.0714. The predicted molar refractivity (Wildman–Crippen MR) is 69.0 cm³/mol. The quantitative estimate of drug-likeness (QED) is 0.870. The Morgan fingerprint density at radius 1 is 1.26 bits per heavy atom. The van der Waals surface area contributed by atoms with E-state index >= 15 is 0 Å². The van der Waals surface area contributed by atoms with Gasteiger partial charge >= 0.3 is 0 Å². The summed E-state index contributed by atoms with van der Waals surface area (Å²) in [5.74, 6) is -0.276. The molecule has 0 saturated heterocycles. The van der Waals surface area contributed by atoms with Crippen LogP contribution < -0.4 is 5.32 Å². The summed E-state index contributed by atoms with van der Waals surface area (Å²) < 4.78 is 0. The van der Waals surface area contributed by atoms with Crippen molar-refractivity contribution in [1.82, 2.24) is 4.98 Å². The highest BCUT2D eigenvalue weighted by molar-refractivity contribution is 5.93. The van der Waals surface area contributed by atoms with Crippen LogP contribution in [0.25, 0.3) is 0 Å². The van der Waals surface area contributed by atoms with Gasteiger partial charge in [-0.25, -0.2) is 4.98 Å². The van der Waals surface area contributed by atoms with Gasteiger partial charge in [-0.1, -0.05) is 30.3 Å². The number of hydrogen-bond acceptors (Lipinski definition) is 4. The Bertz CT molecular complexity index is 603. The van der Waals surface area contributed by atoms with Crippen molar-refractivity contribution in [3.63, 3.8) is 0 Å². The molecule has 1 heterocycles. The first-order valence-electron chi connectivity index (χ1n) is 5.61. The lowest BCUT2D eigenvalue weighted by atomic mass is 10.1. The summed E-state index contributed by atoms with van der Waals surface area (Å²) >= 11 is 0. The zero-order valence-electron chi connectivity index (χ0n) is 9.95. The first-order valence-corrected chi connectivity index (χ1v) is 5.61. The van der Waals surface area contributed by atoms with Crippen LogP contribution in [0.5, 0.6) is 0 Å². The summed E-state index contributed by atoms with van der Waals surface area (Å²) in [4.78, 5) is 15.7. The molecule has 19 heavy (non-hydrogen) atoms. The fourth-order valence-corrected chi connectivity index (χ4v) is 1.52. The average molecular weight is 253 g/mol. The monoisotopic (exact) mass is 253 g/mol. The van der Waals surface area contributed by atoms with Crippen molar-refractivity contribution in [2.45, 2.75) is 6.10 Å². The van der Waals surface area contributed by atoms with Gasteiger partial charge in [-0.3, -0.25) is 4.79 Å². The Morgan fingerprint density at radius 2 is 2.00 bits per heavy atom. The van der Waals surface area contributed by atoms with Crippen molar-refractivity contribution >= 4 is 11.7 Å².